The van der Waals surface area contributed by atoms with Gasteiger partial charge in [0.05, 0.1) is 5.52 Å². The first-order valence-corrected chi connectivity index (χ1v) is 17.7. The van der Waals surface area contributed by atoms with Crippen LogP contribution in [0.4, 0.5) is 0 Å². The van der Waals surface area contributed by atoms with Crippen molar-refractivity contribution in [3.05, 3.63) is 179 Å². The summed E-state index contributed by atoms with van der Waals surface area (Å²) in [6.07, 6.45) is 6.82. The third-order valence-corrected chi connectivity index (χ3v) is 10.4. The molecule has 2 aliphatic rings. The summed E-state index contributed by atoms with van der Waals surface area (Å²) in [5, 5.41) is 3.77. The second-order valence-electron chi connectivity index (χ2n) is 14.3. The fraction of sp³-hybridized carbons (Fsp3) is 0.167. The number of aromatic nitrogens is 1. The second-order valence-corrected chi connectivity index (χ2v) is 14.3. The molecule has 0 spiro atoms. The quantitative estimate of drug-likeness (QED) is 0.173. The highest BCUT2D eigenvalue weighted by atomic mass is 16.3. The highest BCUT2D eigenvalue weighted by Gasteiger charge is 2.34. The van der Waals surface area contributed by atoms with Crippen LogP contribution in [0.15, 0.2) is 144 Å². The molecule has 0 unspecified atom stereocenters. The number of rotatable bonds is 1. The summed E-state index contributed by atoms with van der Waals surface area (Å²) < 4.78 is 8.13. The largest absolute Gasteiger partial charge is 0.456 e. The number of aryl methyl sites for hydroxylation is 3. The van der Waals surface area contributed by atoms with E-state index in [2.05, 4.69) is 161 Å². The number of para-hydroxylation sites is 2. The summed E-state index contributed by atoms with van der Waals surface area (Å²) >= 11 is 0. The zero-order chi connectivity index (χ0) is 34.4. The number of hydrogen-bond donors (Lipinski definition) is 0. The van der Waals surface area contributed by atoms with E-state index in [1.54, 1.807) is 0 Å². The van der Waals surface area contributed by atoms with Crippen molar-refractivity contribution in [3.8, 4) is 16.8 Å². The molecule has 2 aromatic heterocycles. The number of allylic oxidation sites excluding steroid dienone is 1. The van der Waals surface area contributed by atoms with Crippen LogP contribution < -0.4 is 0 Å². The molecule has 0 amide bonds. The van der Waals surface area contributed by atoms with Crippen LogP contribution in [0.5, 0.6) is 0 Å². The Morgan fingerprint density at radius 3 is 2.04 bits per heavy atom. The van der Waals surface area contributed by atoms with E-state index in [9.17, 15) is 0 Å². The number of hydrogen-bond acceptors (Lipinski definition) is 1. The lowest BCUT2D eigenvalue weighted by Gasteiger charge is -2.21. The van der Waals surface area contributed by atoms with Crippen molar-refractivity contribution in [2.45, 2.75) is 52.9 Å². The van der Waals surface area contributed by atoms with E-state index < -0.39 is 0 Å². The third-order valence-electron chi connectivity index (χ3n) is 10.4. The molecule has 0 bridgehead atoms. The first-order valence-electron chi connectivity index (χ1n) is 17.7. The topological polar surface area (TPSA) is 18.1 Å². The van der Waals surface area contributed by atoms with Crippen LogP contribution in [0.25, 0.3) is 55.7 Å². The van der Waals surface area contributed by atoms with Crippen LogP contribution in [-0.4, -0.2) is 4.57 Å². The minimum Gasteiger partial charge on any atom is -0.456 e. The average Bonchev–Trinajstić information content (AvgIpc) is 3.75. The molecule has 0 atom stereocenters. The average molecular weight is 650 g/mol. The Balaban J connectivity index is 0.000000110. The van der Waals surface area contributed by atoms with Crippen molar-refractivity contribution in [1.82, 2.24) is 4.57 Å². The van der Waals surface area contributed by atoms with Crippen molar-refractivity contribution in [1.29, 1.82) is 0 Å². The molecule has 0 aliphatic heterocycles. The number of fused-ring (bicyclic) bond motifs is 9. The van der Waals surface area contributed by atoms with Gasteiger partial charge >= 0.3 is 0 Å². The lowest BCUT2D eigenvalue weighted by atomic mass is 9.82. The minimum absolute atomic E-state index is 0.152. The number of benzene rings is 6. The minimum atomic E-state index is 0.152. The molecular weight excluding hydrogens is 607 g/mol. The van der Waals surface area contributed by atoms with Gasteiger partial charge in [-0.15, -0.1) is 0 Å². The zero-order valence-electron chi connectivity index (χ0n) is 29.6. The van der Waals surface area contributed by atoms with E-state index in [-0.39, 0.29) is 5.41 Å². The fourth-order valence-corrected chi connectivity index (χ4v) is 7.83. The van der Waals surface area contributed by atoms with Gasteiger partial charge in [0.1, 0.15) is 11.2 Å². The predicted octanol–water partition coefficient (Wildman–Crippen LogP) is 13.1. The van der Waals surface area contributed by atoms with E-state index in [0.29, 0.717) is 0 Å². The first-order chi connectivity index (χ1) is 24.3. The predicted molar refractivity (Wildman–Crippen MR) is 213 cm³/mol. The molecule has 0 radical (unpaired) electrons. The maximum Gasteiger partial charge on any atom is 0.135 e. The molecule has 0 fully saturated rings. The van der Waals surface area contributed by atoms with Crippen molar-refractivity contribution in [2.24, 2.45) is 0 Å². The Morgan fingerprint density at radius 1 is 0.560 bits per heavy atom. The highest BCUT2D eigenvalue weighted by Crippen LogP contribution is 2.48. The van der Waals surface area contributed by atoms with Crippen LogP contribution in [0, 0.1) is 20.8 Å². The van der Waals surface area contributed by atoms with Crippen molar-refractivity contribution < 1.29 is 4.42 Å². The Kier molecular flexibility index (Phi) is 8.04. The molecule has 0 saturated carbocycles. The molecule has 246 valence electrons. The molecule has 2 aliphatic carbocycles. The van der Waals surface area contributed by atoms with Gasteiger partial charge in [-0.1, -0.05) is 140 Å². The summed E-state index contributed by atoms with van der Waals surface area (Å²) in [5.74, 6) is 0. The molecule has 6 aromatic carbocycles. The Hall–Kier alpha value is -5.60. The van der Waals surface area contributed by atoms with Crippen LogP contribution in [0.2, 0.25) is 0 Å². The summed E-state index contributed by atoms with van der Waals surface area (Å²) in [6, 6.07) is 47.5. The van der Waals surface area contributed by atoms with Crippen LogP contribution in [0.1, 0.15) is 59.3 Å². The van der Waals surface area contributed by atoms with E-state index in [4.69, 9.17) is 4.42 Å². The van der Waals surface area contributed by atoms with Gasteiger partial charge in [-0.2, -0.15) is 0 Å². The molecular formula is C48H43NO. The zero-order valence-corrected chi connectivity index (χ0v) is 29.6. The summed E-state index contributed by atoms with van der Waals surface area (Å²) in [4.78, 5) is 0. The Bertz CT molecular complexity index is 2540. The monoisotopic (exact) mass is 649 g/mol. The molecule has 50 heavy (non-hydrogen) atoms. The summed E-state index contributed by atoms with van der Waals surface area (Å²) in [6.45, 7) is 11.0. The fourth-order valence-electron chi connectivity index (χ4n) is 7.83. The lowest BCUT2D eigenvalue weighted by molar-refractivity contribution is 0.660. The van der Waals surface area contributed by atoms with Gasteiger partial charge in [-0.3, -0.25) is 0 Å². The van der Waals surface area contributed by atoms with Gasteiger partial charge in [0.2, 0.25) is 0 Å². The van der Waals surface area contributed by atoms with Crippen LogP contribution in [-0.2, 0) is 11.8 Å². The van der Waals surface area contributed by atoms with Gasteiger partial charge in [-0.25, -0.2) is 0 Å². The van der Waals surface area contributed by atoms with E-state index in [1.807, 2.05) is 24.3 Å². The van der Waals surface area contributed by atoms with Gasteiger partial charge in [0.15, 0.2) is 0 Å². The summed E-state index contributed by atoms with van der Waals surface area (Å²) in [7, 11) is 0. The van der Waals surface area contributed by atoms with Crippen molar-refractivity contribution in [3.63, 3.8) is 0 Å². The van der Waals surface area contributed by atoms with Crippen molar-refractivity contribution >= 4 is 38.9 Å². The Morgan fingerprint density at radius 2 is 1.20 bits per heavy atom. The molecule has 10 rings (SSSR count). The van der Waals surface area contributed by atoms with Crippen LogP contribution in [0.3, 0.4) is 0 Å². The van der Waals surface area contributed by atoms with E-state index in [1.165, 1.54) is 77.6 Å². The first kappa shape index (κ1) is 31.7. The molecule has 8 aromatic rings. The number of furan rings is 1. The van der Waals surface area contributed by atoms with Crippen LogP contribution >= 0.6 is 0 Å². The maximum absolute atomic E-state index is 5.71. The number of nitrogens with zero attached hydrogens (tertiary/aromatic N) is 1. The maximum atomic E-state index is 5.71. The molecule has 0 saturated heterocycles. The Labute approximate surface area is 295 Å². The normalized spacial score (nSPS) is 13.6. The van der Waals surface area contributed by atoms with Gasteiger partial charge < -0.3 is 8.98 Å². The van der Waals surface area contributed by atoms with Crippen molar-refractivity contribution in [2.75, 3.05) is 0 Å². The third kappa shape index (κ3) is 5.55. The highest BCUT2D eigenvalue weighted by molar-refractivity contribution is 6.05. The van der Waals surface area contributed by atoms with E-state index >= 15 is 0 Å². The SMILES string of the molecule is Cc1ccc(-n2c3c(c4ccccc42)C=CCC3)cc1.Cc1ccc2c(c1)-c1ccccc1C2(C)C.Cc1ccc2oc3ccccc3c2c1. The van der Waals surface area contributed by atoms with Gasteiger partial charge in [0, 0.05) is 38.5 Å². The molecule has 2 heteroatoms. The smallest absolute Gasteiger partial charge is 0.135 e. The second kappa shape index (κ2) is 12.7. The van der Waals surface area contributed by atoms with Gasteiger partial charge in [0.25, 0.3) is 0 Å². The van der Waals surface area contributed by atoms with Gasteiger partial charge in [-0.05, 0) is 92.3 Å². The molecule has 2 nitrogen and oxygen atoms in total. The molecule has 0 N–H and O–H groups in total. The molecule has 2 heterocycles. The summed E-state index contributed by atoms with van der Waals surface area (Å²) in [5.41, 5.74) is 17.2. The van der Waals surface area contributed by atoms with E-state index in [0.717, 1.165) is 24.0 Å². The lowest BCUT2D eigenvalue weighted by Crippen LogP contribution is -2.14. The standard InChI is InChI=1S/C19H17N.C16H16.C13H10O/c1-14-10-12-15(13-11-14)20-18-8-4-2-6-16(18)17-7-3-5-9-19(17)20;1-11-8-9-15-13(10-11)12-6-4-5-7-14(12)16(15,2)3;1-9-6-7-13-11(8-9)10-4-2-3-5-12(10)14-13/h2-4,6-8,10-13H,5,9H2,1H3;4-10H,1-3H3;2-8H,1H3.